The second-order valence-electron chi connectivity index (χ2n) is 7.49. The Kier molecular flexibility index (Phi) is 14.5. The van der Waals surface area contributed by atoms with Crippen LogP contribution in [0.1, 0.15) is 111 Å². The van der Waals surface area contributed by atoms with Crippen LogP contribution in [0.5, 0.6) is 0 Å². The molecular weight excluding hydrogens is 284 g/mol. The Morgan fingerprint density at radius 1 is 0.522 bits per heavy atom. The third-order valence-electron chi connectivity index (χ3n) is 5.16. The molecule has 0 saturated carbocycles. The highest BCUT2D eigenvalue weighted by molar-refractivity contribution is 5.78. The van der Waals surface area contributed by atoms with E-state index in [0.29, 0.717) is 11.6 Å². The summed E-state index contributed by atoms with van der Waals surface area (Å²) in [6, 6.07) is 0. The molecule has 23 heavy (non-hydrogen) atoms. The lowest BCUT2D eigenvalue weighted by atomic mass is 9.98. The number of hydrogen-bond donors (Lipinski definition) is 0. The second-order valence-corrected chi connectivity index (χ2v) is 7.49. The summed E-state index contributed by atoms with van der Waals surface area (Å²) in [5.41, 5.74) is 0. The Balaban J connectivity index is 3.16. The number of unbranched alkanes of at least 4 members (excludes halogenated alkanes) is 10. The van der Waals surface area contributed by atoms with E-state index < -0.39 is 0 Å². The summed E-state index contributed by atoms with van der Waals surface area (Å²) in [5.74, 6) is 1.18. The van der Waals surface area contributed by atoms with Crippen LogP contribution in [0.3, 0.4) is 0 Å². The molecule has 0 aliphatic rings. The number of hydrogen-bond acceptors (Lipinski definition) is 2. The Hall–Kier alpha value is -0.660. The quantitative estimate of drug-likeness (QED) is 0.303. The van der Waals surface area contributed by atoms with Gasteiger partial charge in [0.1, 0.15) is 11.6 Å². The van der Waals surface area contributed by atoms with Gasteiger partial charge in [-0.15, -0.1) is 0 Å². The fraction of sp³-hybridized carbons (Fsp3) is 0.905. The minimum absolute atomic E-state index is 0.258. The highest BCUT2D eigenvalue weighted by Crippen LogP contribution is 2.15. The highest BCUT2D eigenvalue weighted by atomic mass is 16.1. The van der Waals surface area contributed by atoms with Crippen molar-refractivity contribution in [2.45, 2.75) is 111 Å². The monoisotopic (exact) mass is 324 g/mol. The summed E-state index contributed by atoms with van der Waals surface area (Å²) in [6.45, 7) is 7.50. The van der Waals surface area contributed by atoms with Gasteiger partial charge in [0.15, 0.2) is 0 Å². The van der Waals surface area contributed by atoms with Crippen LogP contribution in [-0.2, 0) is 9.59 Å². The third-order valence-corrected chi connectivity index (χ3v) is 5.16. The fourth-order valence-corrected chi connectivity index (χ4v) is 2.90. The molecule has 0 saturated heterocycles. The number of Topliss-reactive ketones (excluding diaryl/α,β-unsaturated/α-hetero) is 2. The van der Waals surface area contributed by atoms with Crippen molar-refractivity contribution in [1.82, 2.24) is 0 Å². The van der Waals surface area contributed by atoms with Gasteiger partial charge in [-0.1, -0.05) is 84.5 Å². The van der Waals surface area contributed by atoms with Gasteiger partial charge in [0, 0.05) is 11.8 Å². The minimum Gasteiger partial charge on any atom is -0.300 e. The average Bonchev–Trinajstić information content (AvgIpc) is 2.50. The molecule has 0 aromatic heterocycles. The van der Waals surface area contributed by atoms with Crippen molar-refractivity contribution in [2.24, 2.45) is 11.8 Å². The number of carbonyl (C=O) groups excluding carboxylic acids is 2. The van der Waals surface area contributed by atoms with Crippen molar-refractivity contribution < 1.29 is 9.59 Å². The molecule has 0 aliphatic carbocycles. The first-order chi connectivity index (χ1) is 10.9. The molecule has 0 heterocycles. The molecular formula is C21H40O2. The molecule has 0 radical (unpaired) electrons. The number of rotatable bonds is 16. The van der Waals surface area contributed by atoms with Crippen LogP contribution in [0.25, 0.3) is 0 Å². The molecule has 0 bridgehead atoms. The van der Waals surface area contributed by atoms with Crippen molar-refractivity contribution in [3.8, 4) is 0 Å². The van der Waals surface area contributed by atoms with E-state index >= 15 is 0 Å². The van der Waals surface area contributed by atoms with E-state index in [2.05, 4.69) is 0 Å². The molecule has 0 fully saturated rings. The standard InChI is InChI=1S/C21H40O2/c1-18(20(3)22)16-14-12-10-8-6-5-7-9-11-13-15-17-19(2)21(4)23/h18-19H,5-17H2,1-4H3/t18-,19-/m0/s1. The predicted octanol–water partition coefficient (Wildman–Crippen LogP) is 6.51. The Morgan fingerprint density at radius 2 is 0.739 bits per heavy atom. The van der Waals surface area contributed by atoms with E-state index in [9.17, 15) is 9.59 Å². The molecule has 0 amide bonds. The summed E-state index contributed by atoms with van der Waals surface area (Å²) in [6.07, 6.45) is 16.6. The maximum absolute atomic E-state index is 11.1. The summed E-state index contributed by atoms with van der Waals surface area (Å²) in [4.78, 5) is 22.2. The first-order valence-electron chi connectivity index (χ1n) is 9.96. The molecule has 2 heteroatoms. The first-order valence-corrected chi connectivity index (χ1v) is 9.96. The Morgan fingerprint density at radius 3 is 0.957 bits per heavy atom. The molecule has 0 aromatic rings. The lowest BCUT2D eigenvalue weighted by Gasteiger charge is -2.07. The van der Waals surface area contributed by atoms with Gasteiger partial charge in [0.2, 0.25) is 0 Å². The second kappa shape index (κ2) is 14.9. The van der Waals surface area contributed by atoms with Crippen LogP contribution in [-0.4, -0.2) is 11.6 Å². The maximum Gasteiger partial charge on any atom is 0.132 e. The van der Waals surface area contributed by atoms with Crippen molar-refractivity contribution in [2.75, 3.05) is 0 Å². The SMILES string of the molecule is CC(=O)[C@@H](C)CCCCCCCCCCCCC[C@H](C)C(C)=O. The fourth-order valence-electron chi connectivity index (χ4n) is 2.90. The van der Waals surface area contributed by atoms with Crippen molar-refractivity contribution in [3.05, 3.63) is 0 Å². The lowest BCUT2D eigenvalue weighted by Crippen LogP contribution is -2.05. The van der Waals surface area contributed by atoms with Crippen LogP contribution in [0.2, 0.25) is 0 Å². The summed E-state index contributed by atoms with van der Waals surface area (Å²) >= 11 is 0. The van der Waals surface area contributed by atoms with Gasteiger partial charge < -0.3 is 0 Å². The van der Waals surface area contributed by atoms with Gasteiger partial charge in [-0.25, -0.2) is 0 Å². The average molecular weight is 325 g/mol. The molecule has 0 spiro atoms. The predicted molar refractivity (Wildman–Crippen MR) is 99.7 cm³/mol. The molecule has 0 aromatic carbocycles. The molecule has 0 unspecified atom stereocenters. The molecule has 0 aliphatic heterocycles. The van der Waals surface area contributed by atoms with E-state index in [1.54, 1.807) is 13.8 Å². The Bertz CT molecular complexity index is 279. The number of ketones is 2. The largest absolute Gasteiger partial charge is 0.300 e. The van der Waals surface area contributed by atoms with E-state index in [4.69, 9.17) is 0 Å². The van der Waals surface area contributed by atoms with E-state index in [1.165, 1.54) is 70.6 Å². The van der Waals surface area contributed by atoms with Crippen molar-refractivity contribution in [3.63, 3.8) is 0 Å². The van der Waals surface area contributed by atoms with Gasteiger partial charge in [0.25, 0.3) is 0 Å². The maximum atomic E-state index is 11.1. The third kappa shape index (κ3) is 14.7. The van der Waals surface area contributed by atoms with Gasteiger partial charge in [-0.3, -0.25) is 9.59 Å². The van der Waals surface area contributed by atoms with Crippen LogP contribution >= 0.6 is 0 Å². The summed E-state index contributed by atoms with van der Waals surface area (Å²) in [5, 5.41) is 0. The van der Waals surface area contributed by atoms with E-state index in [-0.39, 0.29) is 11.8 Å². The van der Waals surface area contributed by atoms with Crippen molar-refractivity contribution >= 4 is 11.6 Å². The van der Waals surface area contributed by atoms with Gasteiger partial charge in [0.05, 0.1) is 0 Å². The van der Waals surface area contributed by atoms with Crippen LogP contribution < -0.4 is 0 Å². The first kappa shape index (κ1) is 22.3. The normalized spacial score (nSPS) is 13.7. The topological polar surface area (TPSA) is 34.1 Å². The lowest BCUT2D eigenvalue weighted by molar-refractivity contribution is -0.121. The van der Waals surface area contributed by atoms with Crippen LogP contribution in [0, 0.1) is 11.8 Å². The zero-order valence-electron chi connectivity index (χ0n) is 16.2. The van der Waals surface area contributed by atoms with Gasteiger partial charge in [-0.05, 0) is 26.7 Å². The molecule has 136 valence electrons. The smallest absolute Gasteiger partial charge is 0.132 e. The summed E-state index contributed by atoms with van der Waals surface area (Å²) < 4.78 is 0. The highest BCUT2D eigenvalue weighted by Gasteiger charge is 2.07. The van der Waals surface area contributed by atoms with E-state index in [0.717, 1.165) is 12.8 Å². The zero-order chi connectivity index (χ0) is 17.5. The zero-order valence-corrected chi connectivity index (χ0v) is 16.2. The number of carbonyl (C=O) groups is 2. The molecule has 0 N–H and O–H groups in total. The van der Waals surface area contributed by atoms with E-state index in [1.807, 2.05) is 13.8 Å². The summed E-state index contributed by atoms with van der Waals surface area (Å²) in [7, 11) is 0. The molecule has 2 atom stereocenters. The minimum atomic E-state index is 0.258. The van der Waals surface area contributed by atoms with Gasteiger partial charge >= 0.3 is 0 Å². The van der Waals surface area contributed by atoms with Crippen LogP contribution in [0.15, 0.2) is 0 Å². The Labute approximate surface area is 144 Å². The van der Waals surface area contributed by atoms with Crippen molar-refractivity contribution in [1.29, 1.82) is 0 Å². The van der Waals surface area contributed by atoms with Gasteiger partial charge in [-0.2, -0.15) is 0 Å². The molecule has 2 nitrogen and oxygen atoms in total. The van der Waals surface area contributed by atoms with Crippen LogP contribution in [0.4, 0.5) is 0 Å². The molecule has 0 rings (SSSR count).